The third kappa shape index (κ3) is 7.50. The third-order valence-corrected chi connectivity index (χ3v) is 7.08. The number of carbonyl (C=O) groups is 1. The molecule has 0 amide bonds. The van der Waals surface area contributed by atoms with E-state index in [-0.39, 0.29) is 29.4 Å². The van der Waals surface area contributed by atoms with Gasteiger partial charge in [-0.3, -0.25) is 5.84 Å². The summed E-state index contributed by atoms with van der Waals surface area (Å²) < 4.78 is 81.9. The Kier molecular flexibility index (Phi) is 9.33. The van der Waals surface area contributed by atoms with Crippen LogP contribution in [0.15, 0.2) is 24.3 Å². The van der Waals surface area contributed by atoms with E-state index >= 15 is 0 Å². The lowest BCUT2D eigenvalue weighted by Gasteiger charge is -2.25. The molecule has 5 nitrogen and oxygen atoms in total. The summed E-state index contributed by atoms with van der Waals surface area (Å²) in [5.41, 5.74) is -3.25. The van der Waals surface area contributed by atoms with Crippen LogP contribution in [0.4, 0.5) is 26.3 Å². The number of halogens is 6. The predicted octanol–water partition coefficient (Wildman–Crippen LogP) is 7.13. The fourth-order valence-electron chi connectivity index (χ4n) is 5.05. The molecular formula is C26H33F6N3O2. The van der Waals surface area contributed by atoms with E-state index in [0.29, 0.717) is 18.2 Å². The van der Waals surface area contributed by atoms with Crippen LogP contribution in [0.3, 0.4) is 0 Å². The van der Waals surface area contributed by atoms with Crippen LogP contribution in [0.5, 0.6) is 0 Å². The Labute approximate surface area is 212 Å². The number of nitrogens with two attached hydrogens (primary N) is 1. The number of piperidine rings is 1. The number of aromatic carboxylic acids is 1. The lowest BCUT2D eigenvalue weighted by Crippen LogP contribution is -2.35. The molecule has 3 N–H and O–H groups in total. The van der Waals surface area contributed by atoms with Crippen LogP contribution in [-0.4, -0.2) is 33.7 Å². The molecule has 11 heteroatoms. The molecule has 2 fully saturated rings. The van der Waals surface area contributed by atoms with E-state index in [1.54, 1.807) is 0 Å². The Balaban J connectivity index is 0.000000468. The molecule has 1 aliphatic carbocycles. The largest absolute Gasteiger partial charge is 0.478 e. The lowest BCUT2D eigenvalue weighted by atomic mass is 9.89. The predicted molar refractivity (Wildman–Crippen MR) is 128 cm³/mol. The van der Waals surface area contributed by atoms with Gasteiger partial charge in [-0.1, -0.05) is 25.7 Å². The minimum Gasteiger partial charge on any atom is -0.478 e. The van der Waals surface area contributed by atoms with Crippen LogP contribution in [-0.2, 0) is 18.9 Å². The number of aromatic nitrogens is 1. The van der Waals surface area contributed by atoms with Crippen molar-refractivity contribution in [1.29, 1.82) is 0 Å². The van der Waals surface area contributed by atoms with Crippen LogP contribution in [0.2, 0.25) is 0 Å². The summed E-state index contributed by atoms with van der Waals surface area (Å²) in [5.74, 6) is 4.26. The van der Waals surface area contributed by atoms with Gasteiger partial charge in [0, 0.05) is 36.6 Å². The third-order valence-electron chi connectivity index (χ3n) is 7.08. The normalized spacial score (nSPS) is 17.8. The molecule has 1 saturated heterocycles. The summed E-state index contributed by atoms with van der Waals surface area (Å²) in [7, 11) is 0. The second-order valence-corrected chi connectivity index (χ2v) is 9.80. The number of carboxylic acid groups (broad SMARTS) is 1. The second kappa shape index (κ2) is 11.9. The number of hydrogen-bond donors (Lipinski definition) is 2. The number of hydrazine groups is 1. The number of hydrogen-bond acceptors (Lipinski definition) is 3. The molecule has 37 heavy (non-hydrogen) atoms. The molecule has 2 heterocycles. The second-order valence-electron chi connectivity index (χ2n) is 9.80. The Hall–Kier alpha value is -2.53. The van der Waals surface area contributed by atoms with Crippen molar-refractivity contribution < 1.29 is 36.2 Å². The van der Waals surface area contributed by atoms with Gasteiger partial charge >= 0.3 is 18.3 Å². The molecule has 1 aromatic heterocycles. The van der Waals surface area contributed by atoms with Gasteiger partial charge in [0.1, 0.15) is 0 Å². The number of carboxylic acids is 1. The highest BCUT2D eigenvalue weighted by Crippen LogP contribution is 2.42. The van der Waals surface area contributed by atoms with Crippen molar-refractivity contribution in [2.45, 2.75) is 77.2 Å². The van der Waals surface area contributed by atoms with Gasteiger partial charge in [0.2, 0.25) is 0 Å². The smallest absolute Gasteiger partial charge is 0.417 e. The molecule has 0 atom stereocenters. The highest BCUT2D eigenvalue weighted by molar-refractivity contribution is 5.91. The van der Waals surface area contributed by atoms with E-state index in [4.69, 9.17) is 5.84 Å². The molecular weight excluding hydrogens is 500 g/mol. The maximum Gasteiger partial charge on any atom is 0.417 e. The quantitative estimate of drug-likeness (QED) is 0.324. The summed E-state index contributed by atoms with van der Waals surface area (Å²) in [4.78, 5) is 11.6. The molecule has 0 spiro atoms. The molecule has 0 radical (unpaired) electrons. The zero-order valence-electron chi connectivity index (χ0n) is 20.8. The maximum absolute atomic E-state index is 13.6. The monoisotopic (exact) mass is 533 g/mol. The molecule has 1 aromatic carbocycles. The molecule has 0 unspecified atom stereocenters. The SMILES string of the molecule is Cc1c(C(=O)O)cc(-c2cc(C(F)(F)F)ccc2C(F)(F)F)n1CC1CCCCC1.NN1CCCCC1. The average molecular weight is 534 g/mol. The Morgan fingerprint density at radius 1 is 0.946 bits per heavy atom. The van der Waals surface area contributed by atoms with Crippen LogP contribution in [0.1, 0.15) is 78.5 Å². The highest BCUT2D eigenvalue weighted by atomic mass is 19.4. The highest BCUT2D eigenvalue weighted by Gasteiger charge is 2.38. The van der Waals surface area contributed by atoms with Crippen molar-refractivity contribution in [2.75, 3.05) is 13.1 Å². The van der Waals surface area contributed by atoms with E-state index in [1.807, 2.05) is 5.01 Å². The first kappa shape index (κ1) is 29.0. The van der Waals surface area contributed by atoms with E-state index in [2.05, 4.69) is 0 Å². The van der Waals surface area contributed by atoms with Gasteiger partial charge in [-0.25, -0.2) is 9.80 Å². The minimum atomic E-state index is -4.89. The van der Waals surface area contributed by atoms with E-state index < -0.39 is 35.0 Å². The first-order valence-electron chi connectivity index (χ1n) is 12.5. The summed E-state index contributed by atoms with van der Waals surface area (Å²) in [5, 5.41) is 11.3. The zero-order valence-corrected chi connectivity index (χ0v) is 20.8. The van der Waals surface area contributed by atoms with E-state index in [0.717, 1.165) is 51.3 Å². The van der Waals surface area contributed by atoms with Crippen LogP contribution < -0.4 is 5.84 Å². The van der Waals surface area contributed by atoms with Gasteiger partial charge in [-0.15, -0.1) is 0 Å². The molecule has 2 aromatic rings. The summed E-state index contributed by atoms with van der Waals surface area (Å²) >= 11 is 0. The van der Waals surface area contributed by atoms with Crippen LogP contribution in [0, 0.1) is 12.8 Å². The number of nitrogens with zero attached hydrogens (tertiary/aromatic N) is 2. The molecule has 206 valence electrons. The fourth-order valence-corrected chi connectivity index (χ4v) is 5.05. The average Bonchev–Trinajstić information content (AvgIpc) is 3.15. The van der Waals surface area contributed by atoms with Gasteiger partial charge in [0.25, 0.3) is 0 Å². The van der Waals surface area contributed by atoms with Gasteiger partial charge in [0.05, 0.1) is 16.7 Å². The fraction of sp³-hybridized carbons (Fsp3) is 0.577. The van der Waals surface area contributed by atoms with Gasteiger partial charge in [-0.05, 0) is 62.8 Å². The van der Waals surface area contributed by atoms with Crippen molar-refractivity contribution in [3.63, 3.8) is 0 Å². The topological polar surface area (TPSA) is 71.5 Å². The standard InChI is InChI=1S/C21H21F6NO2.C5H12N2/c1-12-15(19(29)30)10-18(28(12)11-13-5-3-2-4-6-13)16-9-14(20(22,23)24)7-8-17(16)21(25,26)27;6-7-4-2-1-3-5-7/h7-10,13H,2-6,11H2,1H3,(H,29,30);1-6H2. The Bertz CT molecular complexity index is 1070. The zero-order chi connectivity index (χ0) is 27.4. The number of rotatable bonds is 4. The van der Waals surface area contributed by atoms with E-state index in [1.165, 1.54) is 30.8 Å². The summed E-state index contributed by atoms with van der Waals surface area (Å²) in [6, 6.07) is 2.31. The Morgan fingerprint density at radius 3 is 2.03 bits per heavy atom. The molecule has 0 bridgehead atoms. The van der Waals surface area contributed by atoms with Gasteiger partial charge < -0.3 is 9.67 Å². The van der Waals surface area contributed by atoms with Gasteiger partial charge in [-0.2, -0.15) is 26.3 Å². The number of benzene rings is 1. The van der Waals surface area contributed by atoms with Crippen molar-refractivity contribution in [2.24, 2.45) is 11.8 Å². The number of alkyl halides is 6. The minimum absolute atomic E-state index is 0.130. The van der Waals surface area contributed by atoms with Crippen LogP contribution >= 0.6 is 0 Å². The molecule has 4 rings (SSSR count). The lowest BCUT2D eigenvalue weighted by molar-refractivity contribution is -0.141. The van der Waals surface area contributed by atoms with Crippen molar-refractivity contribution >= 4 is 5.97 Å². The molecule has 2 aliphatic rings. The molecule has 1 aliphatic heterocycles. The van der Waals surface area contributed by atoms with Crippen LogP contribution in [0.25, 0.3) is 11.3 Å². The van der Waals surface area contributed by atoms with Crippen molar-refractivity contribution in [1.82, 2.24) is 9.58 Å². The van der Waals surface area contributed by atoms with E-state index in [9.17, 15) is 36.2 Å². The molecule has 1 saturated carbocycles. The maximum atomic E-state index is 13.6. The van der Waals surface area contributed by atoms with Crippen molar-refractivity contribution in [3.8, 4) is 11.3 Å². The summed E-state index contributed by atoms with van der Waals surface area (Å²) in [6.45, 7) is 3.93. The Morgan fingerprint density at radius 2 is 1.54 bits per heavy atom. The van der Waals surface area contributed by atoms with Gasteiger partial charge in [0.15, 0.2) is 0 Å². The summed E-state index contributed by atoms with van der Waals surface area (Å²) in [6.07, 6.45) is -1.11. The van der Waals surface area contributed by atoms with Crippen molar-refractivity contribution in [3.05, 3.63) is 46.6 Å². The first-order valence-corrected chi connectivity index (χ1v) is 12.5. The first-order chi connectivity index (χ1) is 17.3.